The fraction of sp³-hybridized carbons (Fsp3) is 0.500. The third-order valence-electron chi connectivity index (χ3n) is 5.07. The molecule has 2 aromatic heterocycles. The van der Waals surface area contributed by atoms with Crippen LogP contribution in [0.2, 0.25) is 0 Å². The highest BCUT2D eigenvalue weighted by molar-refractivity contribution is 5.94. The first-order valence-electron chi connectivity index (χ1n) is 8.56. The zero-order chi connectivity index (χ0) is 16.7. The van der Waals surface area contributed by atoms with Crippen LogP contribution in [0.4, 0.5) is 11.6 Å². The van der Waals surface area contributed by atoms with E-state index in [9.17, 15) is 5.26 Å². The van der Waals surface area contributed by atoms with Crippen molar-refractivity contribution >= 4 is 22.4 Å². The van der Waals surface area contributed by atoms with Crippen LogP contribution in [0.1, 0.15) is 44.7 Å². The predicted octanol–water partition coefficient (Wildman–Crippen LogP) is 2.76. The first kappa shape index (κ1) is 15.2. The lowest BCUT2D eigenvalue weighted by molar-refractivity contribution is 0.687. The van der Waals surface area contributed by atoms with Gasteiger partial charge in [0.05, 0.1) is 0 Å². The highest BCUT2D eigenvalue weighted by Gasteiger charge is 2.37. The second-order valence-electron chi connectivity index (χ2n) is 7.36. The molecule has 0 bridgehead atoms. The van der Waals surface area contributed by atoms with Gasteiger partial charge in [-0.1, -0.05) is 0 Å². The van der Waals surface area contributed by atoms with Gasteiger partial charge in [0.25, 0.3) is 0 Å². The number of hydrogen-bond acceptors (Lipinski definition) is 6. The number of hydrogen-bond donors (Lipinski definition) is 3. The largest absolute Gasteiger partial charge is 0.367 e. The maximum atomic E-state index is 9.22. The van der Waals surface area contributed by atoms with Crippen molar-refractivity contribution in [2.24, 2.45) is 5.73 Å². The fourth-order valence-corrected chi connectivity index (χ4v) is 3.33. The van der Waals surface area contributed by atoms with Crippen molar-refractivity contribution in [3.05, 3.63) is 24.0 Å². The Labute approximate surface area is 141 Å². The molecule has 2 heterocycles. The molecule has 2 fully saturated rings. The lowest BCUT2D eigenvalue weighted by atomic mass is 10.1. The van der Waals surface area contributed by atoms with Gasteiger partial charge in [0.15, 0.2) is 0 Å². The number of nitrogens with zero attached hydrogens (tertiary/aromatic N) is 3. The number of pyridine rings is 2. The average Bonchev–Trinajstić information content (AvgIpc) is 3.15. The summed E-state index contributed by atoms with van der Waals surface area (Å²) in [6, 6.07) is 6.62. The number of rotatable bonds is 4. The van der Waals surface area contributed by atoms with Crippen LogP contribution in [0.25, 0.3) is 10.8 Å². The zero-order valence-electron chi connectivity index (χ0n) is 13.8. The molecule has 0 saturated heterocycles. The molecule has 0 aliphatic heterocycles. The number of nitriles is 1. The molecule has 2 saturated carbocycles. The van der Waals surface area contributed by atoms with Crippen LogP contribution in [-0.2, 0) is 0 Å². The Kier molecular flexibility index (Phi) is 3.54. The van der Waals surface area contributed by atoms with Gasteiger partial charge in [-0.05, 0) is 51.2 Å². The van der Waals surface area contributed by atoms with Gasteiger partial charge in [0.2, 0.25) is 0 Å². The number of fused-ring (bicyclic) bond motifs is 1. The third kappa shape index (κ3) is 3.00. The smallest absolute Gasteiger partial charge is 0.143 e. The summed E-state index contributed by atoms with van der Waals surface area (Å²) in [6.07, 6.45) is 7.19. The summed E-state index contributed by atoms with van der Waals surface area (Å²) in [5.41, 5.74) is 6.51. The maximum absolute atomic E-state index is 9.22. The van der Waals surface area contributed by atoms with E-state index < -0.39 is 0 Å². The predicted molar refractivity (Wildman–Crippen MR) is 94.8 cm³/mol. The molecule has 0 aromatic carbocycles. The fourth-order valence-electron chi connectivity index (χ4n) is 3.33. The number of aromatic nitrogens is 2. The van der Waals surface area contributed by atoms with Gasteiger partial charge in [-0.3, -0.25) is 0 Å². The van der Waals surface area contributed by atoms with Gasteiger partial charge in [-0.15, -0.1) is 0 Å². The van der Waals surface area contributed by atoms with Crippen LogP contribution in [-0.4, -0.2) is 27.6 Å². The highest BCUT2D eigenvalue weighted by atomic mass is 15.1. The molecule has 4 N–H and O–H groups in total. The van der Waals surface area contributed by atoms with E-state index in [0.29, 0.717) is 11.7 Å². The Morgan fingerprint density at radius 2 is 2.17 bits per heavy atom. The quantitative estimate of drug-likeness (QED) is 0.800. The molecule has 0 radical (unpaired) electrons. The summed E-state index contributed by atoms with van der Waals surface area (Å²) in [4.78, 5) is 8.99. The van der Waals surface area contributed by atoms with E-state index in [1.165, 1.54) is 0 Å². The molecule has 2 aliphatic carbocycles. The van der Waals surface area contributed by atoms with Crippen LogP contribution < -0.4 is 16.4 Å². The molecule has 0 spiro atoms. The van der Waals surface area contributed by atoms with Gasteiger partial charge < -0.3 is 16.4 Å². The Morgan fingerprint density at radius 1 is 1.33 bits per heavy atom. The van der Waals surface area contributed by atoms with Crippen molar-refractivity contribution < 1.29 is 0 Å². The van der Waals surface area contributed by atoms with Crippen molar-refractivity contribution in [1.29, 1.82) is 5.26 Å². The maximum Gasteiger partial charge on any atom is 0.143 e. The average molecular weight is 322 g/mol. The molecule has 4 rings (SSSR count). The second kappa shape index (κ2) is 5.60. The van der Waals surface area contributed by atoms with E-state index in [1.807, 2.05) is 12.3 Å². The van der Waals surface area contributed by atoms with Crippen molar-refractivity contribution in [1.82, 2.24) is 9.97 Å². The summed E-state index contributed by atoms with van der Waals surface area (Å²) < 4.78 is 0. The zero-order valence-corrected chi connectivity index (χ0v) is 13.8. The summed E-state index contributed by atoms with van der Waals surface area (Å²) in [7, 11) is 0. The molecule has 124 valence electrons. The summed E-state index contributed by atoms with van der Waals surface area (Å²) in [6.45, 7) is 2.18. The van der Waals surface area contributed by atoms with Gasteiger partial charge in [-0.25, -0.2) is 9.97 Å². The second-order valence-corrected chi connectivity index (χ2v) is 7.36. The molecule has 6 heteroatoms. The Bertz CT molecular complexity index is 820. The number of anilines is 2. The molecule has 2 aromatic rings. The molecule has 2 atom stereocenters. The topological polar surface area (TPSA) is 99.6 Å². The monoisotopic (exact) mass is 322 g/mol. The molecule has 24 heavy (non-hydrogen) atoms. The van der Waals surface area contributed by atoms with Crippen LogP contribution in [0.5, 0.6) is 0 Å². The van der Waals surface area contributed by atoms with E-state index in [4.69, 9.17) is 5.73 Å². The molecule has 0 amide bonds. The minimum atomic E-state index is 0.100. The van der Waals surface area contributed by atoms with Gasteiger partial charge in [-0.2, -0.15) is 5.26 Å². The third-order valence-corrected chi connectivity index (χ3v) is 5.07. The normalized spacial score (nSPS) is 24.5. The molecular formula is C18H22N6. The SMILES string of the molecule is CC1(Nc2nc(C#N)cc3cnc(N[C@H]4CC[C@H](N)C4)cc23)CC1. The number of nitrogens with two attached hydrogens (primary N) is 1. The first-order valence-corrected chi connectivity index (χ1v) is 8.56. The van der Waals surface area contributed by atoms with Crippen LogP contribution in [0.3, 0.4) is 0 Å². The molecular weight excluding hydrogens is 300 g/mol. The van der Waals surface area contributed by atoms with Gasteiger partial charge >= 0.3 is 0 Å². The molecule has 0 unspecified atom stereocenters. The van der Waals surface area contributed by atoms with Crippen molar-refractivity contribution in [2.45, 2.75) is 56.7 Å². The standard InChI is InChI=1S/C18H22N6/c1-18(4-5-18)24-17-15-8-16(22-13-3-2-12(20)7-13)21-10-11(15)6-14(9-19)23-17/h6,8,10,12-13H,2-5,7,20H2,1H3,(H,21,22)(H,23,24)/t12-,13-/m0/s1. The van der Waals surface area contributed by atoms with E-state index >= 15 is 0 Å². The minimum Gasteiger partial charge on any atom is -0.367 e. The summed E-state index contributed by atoms with van der Waals surface area (Å²) in [5, 5.41) is 18.1. The lowest BCUT2D eigenvalue weighted by Crippen LogP contribution is -2.21. The van der Waals surface area contributed by atoms with E-state index in [1.54, 1.807) is 6.07 Å². The molecule has 2 aliphatic rings. The van der Waals surface area contributed by atoms with Gasteiger partial charge in [0, 0.05) is 34.6 Å². The Hall–Kier alpha value is -2.39. The van der Waals surface area contributed by atoms with Crippen molar-refractivity contribution in [3.63, 3.8) is 0 Å². The van der Waals surface area contributed by atoms with Crippen molar-refractivity contribution in [2.75, 3.05) is 10.6 Å². The Balaban J connectivity index is 1.68. The summed E-state index contributed by atoms with van der Waals surface area (Å²) >= 11 is 0. The van der Waals surface area contributed by atoms with E-state index in [0.717, 1.165) is 54.5 Å². The highest BCUT2D eigenvalue weighted by Crippen LogP contribution is 2.39. The van der Waals surface area contributed by atoms with E-state index in [-0.39, 0.29) is 11.6 Å². The first-order chi connectivity index (χ1) is 11.5. The number of nitrogens with one attached hydrogen (secondary N) is 2. The van der Waals surface area contributed by atoms with Crippen LogP contribution in [0.15, 0.2) is 18.3 Å². The minimum absolute atomic E-state index is 0.100. The molecule has 6 nitrogen and oxygen atoms in total. The summed E-state index contributed by atoms with van der Waals surface area (Å²) in [5.74, 6) is 1.62. The van der Waals surface area contributed by atoms with Crippen LogP contribution >= 0.6 is 0 Å². The van der Waals surface area contributed by atoms with Gasteiger partial charge in [0.1, 0.15) is 23.4 Å². The van der Waals surface area contributed by atoms with Crippen LogP contribution in [0, 0.1) is 11.3 Å². The van der Waals surface area contributed by atoms with Crippen molar-refractivity contribution in [3.8, 4) is 6.07 Å². The van der Waals surface area contributed by atoms with E-state index in [2.05, 4.69) is 33.6 Å². The Morgan fingerprint density at radius 3 is 2.83 bits per heavy atom. The lowest BCUT2D eigenvalue weighted by Gasteiger charge is -2.17.